The number of nitrogens with zero attached hydrogens (tertiary/aromatic N) is 1. The lowest BCUT2D eigenvalue weighted by molar-refractivity contribution is 0.0736. The maximum atomic E-state index is 5.85. The molecule has 3 rings (SSSR count). The van der Waals surface area contributed by atoms with Crippen molar-refractivity contribution in [2.45, 2.75) is 37.6 Å². The molecule has 2 saturated heterocycles. The highest BCUT2D eigenvalue weighted by molar-refractivity contribution is 5.05. The van der Waals surface area contributed by atoms with Gasteiger partial charge in [0.25, 0.3) is 0 Å². The Hall–Kier alpha value is -0.870. The van der Waals surface area contributed by atoms with Crippen LogP contribution in [0.2, 0.25) is 0 Å². The van der Waals surface area contributed by atoms with Crippen molar-refractivity contribution in [3.8, 4) is 0 Å². The van der Waals surface area contributed by atoms with Gasteiger partial charge in [-0.2, -0.15) is 0 Å². The monoisotopic (exact) mass is 222 g/mol. The van der Waals surface area contributed by atoms with E-state index in [4.69, 9.17) is 9.15 Å². The Balaban J connectivity index is 1.71. The molecule has 0 saturated carbocycles. The van der Waals surface area contributed by atoms with Gasteiger partial charge in [0.05, 0.1) is 18.8 Å². The lowest BCUT2D eigenvalue weighted by Crippen LogP contribution is -2.15. The van der Waals surface area contributed by atoms with Crippen molar-refractivity contribution >= 4 is 0 Å². The summed E-state index contributed by atoms with van der Waals surface area (Å²) in [7, 11) is 0. The van der Waals surface area contributed by atoms with Crippen LogP contribution in [0.4, 0.5) is 0 Å². The largest absolute Gasteiger partial charge is 0.444 e. The predicted molar refractivity (Wildman–Crippen MR) is 59.3 cm³/mol. The summed E-state index contributed by atoms with van der Waals surface area (Å²) in [5, 5.41) is 3.40. The van der Waals surface area contributed by atoms with E-state index in [1.165, 1.54) is 6.42 Å². The van der Waals surface area contributed by atoms with Gasteiger partial charge in [-0.25, -0.2) is 4.98 Å². The number of nitrogens with one attached hydrogen (secondary N) is 1. The third-order valence-corrected chi connectivity index (χ3v) is 3.46. The molecule has 0 bridgehead atoms. The van der Waals surface area contributed by atoms with Crippen molar-refractivity contribution in [1.82, 2.24) is 10.3 Å². The third kappa shape index (κ3) is 1.99. The minimum Gasteiger partial charge on any atom is -0.444 e. The first-order valence-corrected chi connectivity index (χ1v) is 6.20. The number of hydrogen-bond donors (Lipinski definition) is 1. The average molecular weight is 222 g/mol. The molecule has 2 aliphatic heterocycles. The molecule has 1 aromatic heterocycles. The van der Waals surface area contributed by atoms with Gasteiger partial charge < -0.3 is 14.5 Å². The highest BCUT2D eigenvalue weighted by Crippen LogP contribution is 2.29. The standard InChI is InChI=1S/C12H18N2O2/c1-4-10(13-5-1)12-14-7-11(16-12)9-3-2-6-15-8-9/h7,9-10,13H,1-6,8H2. The minimum absolute atomic E-state index is 0.332. The van der Waals surface area contributed by atoms with E-state index in [0.717, 1.165) is 50.7 Å². The molecule has 3 heterocycles. The normalized spacial score (nSPS) is 30.8. The quantitative estimate of drug-likeness (QED) is 0.831. The number of rotatable bonds is 2. The first kappa shape index (κ1) is 10.3. The van der Waals surface area contributed by atoms with Crippen LogP contribution in [0.3, 0.4) is 0 Å². The topological polar surface area (TPSA) is 47.3 Å². The first-order valence-electron chi connectivity index (χ1n) is 6.20. The SMILES string of the molecule is c1nc(C2CCCN2)oc1C1CCCOC1. The minimum atomic E-state index is 0.332. The van der Waals surface area contributed by atoms with Crippen LogP contribution in [0, 0.1) is 0 Å². The molecule has 88 valence electrons. The van der Waals surface area contributed by atoms with Crippen molar-refractivity contribution in [3.05, 3.63) is 17.8 Å². The fraction of sp³-hybridized carbons (Fsp3) is 0.750. The summed E-state index contributed by atoms with van der Waals surface area (Å²) < 4.78 is 11.3. The molecule has 2 unspecified atom stereocenters. The predicted octanol–water partition coefficient (Wildman–Crippen LogP) is 1.99. The van der Waals surface area contributed by atoms with Gasteiger partial charge in [0, 0.05) is 12.5 Å². The molecule has 2 aliphatic rings. The molecule has 0 spiro atoms. The molecule has 0 amide bonds. The Morgan fingerprint density at radius 3 is 3.06 bits per heavy atom. The van der Waals surface area contributed by atoms with Gasteiger partial charge >= 0.3 is 0 Å². The number of ether oxygens (including phenoxy) is 1. The highest BCUT2D eigenvalue weighted by atomic mass is 16.5. The molecule has 1 aromatic rings. The van der Waals surface area contributed by atoms with Crippen LogP contribution in [0.5, 0.6) is 0 Å². The van der Waals surface area contributed by atoms with Crippen molar-refractivity contribution in [2.75, 3.05) is 19.8 Å². The van der Waals surface area contributed by atoms with Gasteiger partial charge in [-0.15, -0.1) is 0 Å². The van der Waals surface area contributed by atoms with E-state index in [1.807, 2.05) is 6.20 Å². The van der Waals surface area contributed by atoms with Crippen molar-refractivity contribution in [3.63, 3.8) is 0 Å². The molecule has 2 atom stereocenters. The van der Waals surface area contributed by atoms with E-state index in [9.17, 15) is 0 Å². The summed E-state index contributed by atoms with van der Waals surface area (Å²) in [5.41, 5.74) is 0. The second-order valence-corrected chi connectivity index (χ2v) is 4.66. The van der Waals surface area contributed by atoms with Crippen LogP contribution >= 0.6 is 0 Å². The van der Waals surface area contributed by atoms with Gasteiger partial charge in [-0.1, -0.05) is 0 Å². The zero-order valence-electron chi connectivity index (χ0n) is 9.45. The Labute approximate surface area is 95.4 Å². The molecule has 0 aromatic carbocycles. The van der Waals surface area contributed by atoms with Gasteiger partial charge in [0.1, 0.15) is 5.76 Å². The van der Waals surface area contributed by atoms with Crippen LogP contribution in [0.1, 0.15) is 49.3 Å². The zero-order chi connectivity index (χ0) is 10.8. The summed E-state index contributed by atoms with van der Waals surface area (Å²) in [4.78, 5) is 4.39. The fourth-order valence-corrected chi connectivity index (χ4v) is 2.51. The summed E-state index contributed by atoms with van der Waals surface area (Å²) in [6.45, 7) is 2.75. The number of hydrogen-bond acceptors (Lipinski definition) is 4. The number of aromatic nitrogens is 1. The number of oxazole rings is 1. The summed E-state index contributed by atoms with van der Waals surface area (Å²) in [5.74, 6) is 2.28. The van der Waals surface area contributed by atoms with Crippen molar-refractivity contribution < 1.29 is 9.15 Å². The molecule has 0 aliphatic carbocycles. The van der Waals surface area contributed by atoms with Crippen molar-refractivity contribution in [1.29, 1.82) is 0 Å². The van der Waals surface area contributed by atoms with E-state index >= 15 is 0 Å². The second-order valence-electron chi connectivity index (χ2n) is 4.66. The van der Waals surface area contributed by atoms with Crippen molar-refractivity contribution in [2.24, 2.45) is 0 Å². The fourth-order valence-electron chi connectivity index (χ4n) is 2.51. The van der Waals surface area contributed by atoms with Crippen LogP contribution in [0.25, 0.3) is 0 Å². The summed E-state index contributed by atoms with van der Waals surface area (Å²) >= 11 is 0. The van der Waals surface area contributed by atoms with Crippen LogP contribution in [-0.4, -0.2) is 24.7 Å². The van der Waals surface area contributed by atoms with Gasteiger partial charge in [0.15, 0.2) is 0 Å². The Bertz CT molecular complexity index is 339. The molecular weight excluding hydrogens is 204 g/mol. The third-order valence-electron chi connectivity index (χ3n) is 3.46. The van der Waals surface area contributed by atoms with E-state index in [-0.39, 0.29) is 0 Å². The van der Waals surface area contributed by atoms with E-state index in [1.54, 1.807) is 0 Å². The van der Waals surface area contributed by atoms with Gasteiger partial charge in [-0.05, 0) is 32.2 Å². The van der Waals surface area contributed by atoms with Crippen LogP contribution < -0.4 is 5.32 Å². The Morgan fingerprint density at radius 1 is 1.31 bits per heavy atom. The lowest BCUT2D eigenvalue weighted by Gasteiger charge is -2.19. The van der Waals surface area contributed by atoms with E-state index < -0.39 is 0 Å². The second kappa shape index (κ2) is 4.55. The molecule has 4 nitrogen and oxygen atoms in total. The molecule has 2 fully saturated rings. The molecule has 0 radical (unpaired) electrons. The molecule has 4 heteroatoms. The van der Waals surface area contributed by atoms with Gasteiger partial charge in [-0.3, -0.25) is 0 Å². The molecule has 16 heavy (non-hydrogen) atoms. The summed E-state index contributed by atoms with van der Waals surface area (Å²) in [6.07, 6.45) is 6.53. The average Bonchev–Trinajstić information content (AvgIpc) is 3.01. The lowest BCUT2D eigenvalue weighted by atomic mass is 10.0. The summed E-state index contributed by atoms with van der Waals surface area (Å²) in [6, 6.07) is 0.332. The first-order chi connectivity index (χ1) is 7.93. The highest BCUT2D eigenvalue weighted by Gasteiger charge is 2.24. The molecule has 1 N–H and O–H groups in total. The Morgan fingerprint density at radius 2 is 2.31 bits per heavy atom. The van der Waals surface area contributed by atoms with Crippen LogP contribution in [0.15, 0.2) is 10.6 Å². The smallest absolute Gasteiger partial charge is 0.211 e. The van der Waals surface area contributed by atoms with Crippen LogP contribution in [-0.2, 0) is 4.74 Å². The molecular formula is C12H18N2O2. The van der Waals surface area contributed by atoms with Gasteiger partial charge in [0.2, 0.25) is 5.89 Å². The Kier molecular flexibility index (Phi) is 2.93. The maximum Gasteiger partial charge on any atom is 0.211 e. The maximum absolute atomic E-state index is 5.85. The van der Waals surface area contributed by atoms with E-state index in [0.29, 0.717) is 12.0 Å². The zero-order valence-corrected chi connectivity index (χ0v) is 9.45. The van der Waals surface area contributed by atoms with E-state index in [2.05, 4.69) is 10.3 Å².